The number of anilines is 1. The number of hydrogen-bond donors (Lipinski definition) is 1. The van der Waals surface area contributed by atoms with Crippen LogP contribution in [0, 0.1) is 28.5 Å². The van der Waals surface area contributed by atoms with Crippen LogP contribution in [0.25, 0.3) is 32.9 Å². The highest BCUT2D eigenvalue weighted by Crippen LogP contribution is 2.46. The monoisotopic (exact) mass is 702 g/mol. The Kier molecular flexibility index (Phi) is 10.1. The Labute approximate surface area is 294 Å². The maximum absolute atomic E-state index is 17.1. The fourth-order valence-corrected chi connectivity index (χ4v) is 12.7. The first kappa shape index (κ1) is 36.0. The molecule has 4 aromatic rings. The van der Waals surface area contributed by atoms with Crippen LogP contribution in [0.5, 0.6) is 11.8 Å². The lowest BCUT2D eigenvalue weighted by Crippen LogP contribution is -2.43. The summed E-state index contributed by atoms with van der Waals surface area (Å²) in [5, 5.41) is 11.4. The van der Waals surface area contributed by atoms with E-state index in [1.54, 1.807) is 24.4 Å². The lowest BCUT2D eigenvalue weighted by atomic mass is 9.95. The predicted octanol–water partition coefficient (Wildman–Crippen LogP) is 8.43. The van der Waals surface area contributed by atoms with E-state index in [9.17, 15) is 5.11 Å². The Morgan fingerprint density at radius 2 is 1.72 bits per heavy atom. The van der Waals surface area contributed by atoms with Crippen molar-refractivity contribution in [3.05, 3.63) is 47.7 Å². The highest BCUT2D eigenvalue weighted by molar-refractivity contribution is 6.90. The predicted molar refractivity (Wildman–Crippen MR) is 196 cm³/mol. The number of pyridine rings is 1. The van der Waals surface area contributed by atoms with E-state index in [0.717, 1.165) is 25.7 Å². The molecule has 2 saturated carbocycles. The molecule has 0 radical (unpaired) electrons. The first-order valence-corrected chi connectivity index (χ1v) is 19.8. The topological polar surface area (TPSA) is 89.8 Å². The molecule has 2 aliphatic rings. The van der Waals surface area contributed by atoms with E-state index < -0.39 is 19.7 Å². The molecule has 0 unspecified atom stereocenters. The lowest BCUT2D eigenvalue weighted by Gasteiger charge is -2.38. The fraction of sp³-hybridized carbons (Fsp3) is 0.513. The van der Waals surface area contributed by atoms with Gasteiger partial charge in [-0.3, -0.25) is 4.98 Å². The van der Waals surface area contributed by atoms with E-state index in [4.69, 9.17) is 19.2 Å². The zero-order valence-electron chi connectivity index (χ0n) is 30.4. The third kappa shape index (κ3) is 6.65. The molecule has 8 nitrogen and oxygen atoms in total. The number of fused-ring (bicyclic) bond motifs is 2. The average molecular weight is 703 g/mol. The molecule has 266 valence electrons. The number of aliphatic hydroxyl groups is 1. The number of halogens is 2. The van der Waals surface area contributed by atoms with E-state index >= 15 is 8.78 Å². The number of nitrogens with zero attached hydrogens (tertiary/aromatic N) is 4. The maximum atomic E-state index is 17.1. The van der Waals surface area contributed by atoms with Crippen molar-refractivity contribution in [3.8, 4) is 34.5 Å². The molecule has 2 heterocycles. The second-order valence-corrected chi connectivity index (χ2v) is 20.6. The SMILES string of the molecule is COCOc1cc(-c2ncc3c(N(C)C4CC4)nc(OCC4(CO)CC4)nc3c2F)c2c(C#C[Si](C(C)C)(C(C)C)C(C)C)c(F)ccc2c1. The van der Waals surface area contributed by atoms with Crippen LogP contribution in [-0.4, -0.2) is 68.3 Å². The van der Waals surface area contributed by atoms with E-state index in [-0.39, 0.29) is 54.2 Å². The minimum absolute atomic E-state index is 0.00327. The molecular weight excluding hydrogens is 655 g/mol. The zero-order valence-corrected chi connectivity index (χ0v) is 31.4. The average Bonchev–Trinajstić information content (AvgIpc) is 4.02. The number of methoxy groups -OCH3 is 1. The van der Waals surface area contributed by atoms with Crippen molar-refractivity contribution in [3.63, 3.8) is 0 Å². The Morgan fingerprint density at radius 1 is 1.02 bits per heavy atom. The summed E-state index contributed by atoms with van der Waals surface area (Å²) in [6.07, 6.45) is 5.28. The molecule has 2 aromatic carbocycles. The first-order valence-electron chi connectivity index (χ1n) is 17.6. The van der Waals surface area contributed by atoms with Crippen molar-refractivity contribution in [2.24, 2.45) is 5.41 Å². The summed E-state index contributed by atoms with van der Waals surface area (Å²) >= 11 is 0. The van der Waals surface area contributed by atoms with Crippen LogP contribution in [-0.2, 0) is 4.74 Å². The number of aromatic nitrogens is 3. The van der Waals surface area contributed by atoms with Crippen molar-refractivity contribution in [1.82, 2.24) is 15.0 Å². The third-order valence-corrected chi connectivity index (χ3v) is 17.1. The summed E-state index contributed by atoms with van der Waals surface area (Å²) in [5.74, 6) is 3.08. The van der Waals surface area contributed by atoms with Crippen LogP contribution in [0.15, 0.2) is 30.5 Å². The van der Waals surface area contributed by atoms with Crippen molar-refractivity contribution >= 4 is 35.6 Å². The van der Waals surface area contributed by atoms with Gasteiger partial charge in [-0.2, -0.15) is 9.97 Å². The number of benzene rings is 2. The summed E-state index contributed by atoms with van der Waals surface area (Å²) in [4.78, 5) is 15.9. The normalized spacial score (nSPS) is 15.6. The maximum Gasteiger partial charge on any atom is 0.319 e. The van der Waals surface area contributed by atoms with Gasteiger partial charge >= 0.3 is 6.01 Å². The number of rotatable bonds is 13. The van der Waals surface area contributed by atoms with Gasteiger partial charge in [0.1, 0.15) is 36.7 Å². The molecule has 11 heteroatoms. The molecule has 50 heavy (non-hydrogen) atoms. The lowest BCUT2D eigenvalue weighted by molar-refractivity contribution is 0.0512. The standard InChI is InChI=1S/C39H48F2N4O4Si/c1-23(2)50(24(3)4,25(5)6)16-13-29-32(40)12-9-26-17-28(49-22-47-8)18-30(33(26)29)35-34(41)36-31(19-42-35)37(45(7)27-10-11-27)44-38(43-36)48-21-39(20-46)14-15-39/h9,12,17-19,23-25,27,46H,10-11,14-15,20-22H2,1-8H3. The molecular formula is C39H48F2N4O4Si. The van der Waals surface area contributed by atoms with Gasteiger partial charge in [-0.15, -0.1) is 5.54 Å². The molecule has 0 spiro atoms. The van der Waals surface area contributed by atoms with Gasteiger partial charge in [0, 0.05) is 42.8 Å². The third-order valence-electron chi connectivity index (χ3n) is 10.8. The van der Waals surface area contributed by atoms with E-state index in [0.29, 0.717) is 49.9 Å². The second-order valence-electron chi connectivity index (χ2n) is 15.0. The molecule has 0 amide bonds. The number of ether oxygens (including phenoxy) is 3. The van der Waals surface area contributed by atoms with Gasteiger partial charge in [0.05, 0.1) is 24.2 Å². The minimum Gasteiger partial charge on any atom is -0.468 e. The molecule has 2 fully saturated rings. The highest BCUT2D eigenvalue weighted by Gasteiger charge is 2.44. The Hall–Kier alpha value is -3.85. The Morgan fingerprint density at radius 3 is 2.32 bits per heavy atom. The molecule has 0 atom stereocenters. The Balaban J connectivity index is 1.59. The summed E-state index contributed by atoms with van der Waals surface area (Å²) in [6, 6.07) is 6.81. The van der Waals surface area contributed by atoms with Gasteiger partial charge in [-0.05, 0) is 65.9 Å². The van der Waals surface area contributed by atoms with Gasteiger partial charge < -0.3 is 24.2 Å². The summed E-state index contributed by atoms with van der Waals surface area (Å²) < 4.78 is 50.2. The van der Waals surface area contributed by atoms with E-state index in [1.807, 2.05) is 11.9 Å². The van der Waals surface area contributed by atoms with Gasteiger partial charge in [0.2, 0.25) is 0 Å². The number of hydrogen-bond acceptors (Lipinski definition) is 8. The second kappa shape index (κ2) is 14.0. The van der Waals surface area contributed by atoms with E-state index in [1.165, 1.54) is 13.2 Å². The van der Waals surface area contributed by atoms with E-state index in [2.05, 4.69) is 63.0 Å². The van der Waals surface area contributed by atoms with Crippen LogP contribution in [0.3, 0.4) is 0 Å². The minimum atomic E-state index is -2.25. The van der Waals surface area contributed by atoms with Crippen LogP contribution in [0.2, 0.25) is 16.6 Å². The summed E-state index contributed by atoms with van der Waals surface area (Å²) in [5.41, 5.74) is 4.93. The smallest absolute Gasteiger partial charge is 0.319 e. The van der Waals surface area contributed by atoms with Gasteiger partial charge in [0.15, 0.2) is 12.6 Å². The first-order chi connectivity index (χ1) is 23.9. The summed E-state index contributed by atoms with van der Waals surface area (Å²) in [6.45, 7) is 13.5. The van der Waals surface area contributed by atoms with Crippen molar-refractivity contribution in [2.45, 2.75) is 89.9 Å². The molecule has 6 rings (SSSR count). The van der Waals surface area contributed by atoms with Crippen LogP contribution < -0.4 is 14.4 Å². The van der Waals surface area contributed by atoms with Crippen molar-refractivity contribution in [2.75, 3.05) is 39.1 Å². The van der Waals surface area contributed by atoms with Crippen LogP contribution in [0.1, 0.15) is 72.8 Å². The zero-order chi connectivity index (χ0) is 36.0. The molecule has 0 saturated heterocycles. The summed E-state index contributed by atoms with van der Waals surface area (Å²) in [7, 11) is 1.20. The quantitative estimate of drug-likeness (QED) is 0.0844. The van der Waals surface area contributed by atoms with Crippen LogP contribution in [0.4, 0.5) is 14.6 Å². The van der Waals surface area contributed by atoms with Crippen molar-refractivity contribution < 1.29 is 28.1 Å². The molecule has 0 bridgehead atoms. The molecule has 0 aliphatic heterocycles. The van der Waals surface area contributed by atoms with Gasteiger partial charge in [-0.1, -0.05) is 53.5 Å². The van der Waals surface area contributed by atoms with Gasteiger partial charge in [0.25, 0.3) is 0 Å². The highest BCUT2D eigenvalue weighted by atomic mass is 28.3. The fourth-order valence-electron chi connectivity index (χ4n) is 7.46. The molecule has 2 aliphatic carbocycles. The Bertz CT molecular complexity index is 1950. The number of aliphatic hydroxyl groups excluding tert-OH is 1. The van der Waals surface area contributed by atoms with Crippen molar-refractivity contribution in [1.29, 1.82) is 0 Å². The molecule has 1 N–H and O–H groups in total. The molecule has 2 aromatic heterocycles. The van der Waals surface area contributed by atoms with Crippen LogP contribution >= 0.6 is 0 Å². The largest absolute Gasteiger partial charge is 0.468 e. The van der Waals surface area contributed by atoms with Gasteiger partial charge in [-0.25, -0.2) is 8.78 Å².